The maximum atomic E-state index is 12.0. The fraction of sp³-hybridized carbons (Fsp3) is 0.553. The van der Waals surface area contributed by atoms with E-state index in [0.717, 1.165) is 63.6 Å². The van der Waals surface area contributed by atoms with Crippen LogP contribution >= 0.6 is 0 Å². The molecule has 7 nitrogen and oxygen atoms in total. The van der Waals surface area contributed by atoms with E-state index >= 15 is 0 Å². The number of methoxy groups -OCH3 is 1. The van der Waals surface area contributed by atoms with Crippen molar-refractivity contribution in [3.63, 3.8) is 0 Å². The molecule has 1 aromatic carbocycles. The third-order valence-electron chi connectivity index (χ3n) is 7.96. The number of allylic oxidation sites excluding steroid dienone is 6. The minimum Gasteiger partial charge on any atom is -0.504 e. The van der Waals surface area contributed by atoms with Crippen LogP contribution in [0.2, 0.25) is 0 Å². The standard InChI is InChI=1S/C23H39NO.C15H17NO4/c1-2-3-4-5-6-7-8-9-10-11-12-13-14-15-17-20-23(25)24-21-18-16-19-22-24;1-20-13-10-11(5-7-12(13)17)6-8-15(19)16-9-3-2-4-14(16)18/h3-4,6-7,9-10H,2,5,8,11-22H2,1H3;5-8,10,17H,2-4,9H2,1H3/b4-3+,7-6+,10-9+;8-6+. The van der Waals surface area contributed by atoms with Crippen molar-refractivity contribution >= 4 is 23.8 Å². The van der Waals surface area contributed by atoms with Crippen LogP contribution in [0.3, 0.4) is 0 Å². The number of carbonyl (C=O) groups is 3. The quantitative estimate of drug-likeness (QED) is 0.114. The summed E-state index contributed by atoms with van der Waals surface area (Å²) in [5, 5.41) is 9.48. The highest BCUT2D eigenvalue weighted by Gasteiger charge is 2.22. The molecule has 0 aromatic heterocycles. The fourth-order valence-electron chi connectivity index (χ4n) is 5.29. The van der Waals surface area contributed by atoms with Crippen molar-refractivity contribution < 1.29 is 24.2 Å². The number of benzene rings is 1. The molecule has 2 aliphatic rings. The second kappa shape index (κ2) is 23.7. The Bertz CT molecular complexity index is 1130. The maximum absolute atomic E-state index is 12.0. The summed E-state index contributed by atoms with van der Waals surface area (Å²) >= 11 is 0. The third kappa shape index (κ3) is 16.3. The Kier molecular flexibility index (Phi) is 19.8. The van der Waals surface area contributed by atoms with Gasteiger partial charge >= 0.3 is 0 Å². The lowest BCUT2D eigenvalue weighted by Crippen LogP contribution is -2.39. The zero-order chi connectivity index (χ0) is 32.5. The van der Waals surface area contributed by atoms with Gasteiger partial charge in [0, 0.05) is 38.6 Å². The molecule has 0 unspecified atom stereocenters. The number of imide groups is 1. The normalized spacial score (nSPS) is 15.7. The summed E-state index contributed by atoms with van der Waals surface area (Å²) in [5.41, 5.74) is 0.720. The summed E-state index contributed by atoms with van der Waals surface area (Å²) in [7, 11) is 1.46. The Balaban J connectivity index is 0.000000320. The van der Waals surface area contributed by atoms with Gasteiger partial charge in [-0.15, -0.1) is 0 Å². The lowest BCUT2D eigenvalue weighted by atomic mass is 10.1. The number of ether oxygens (including phenoxy) is 1. The molecule has 0 bridgehead atoms. The van der Waals surface area contributed by atoms with E-state index in [1.165, 1.54) is 75.5 Å². The molecule has 0 saturated carbocycles. The molecular formula is C38H56N2O5. The number of nitrogens with zero attached hydrogens (tertiary/aromatic N) is 2. The number of carbonyl (C=O) groups excluding carboxylic acids is 3. The van der Waals surface area contributed by atoms with Gasteiger partial charge in [0.2, 0.25) is 11.8 Å². The fourth-order valence-corrected chi connectivity index (χ4v) is 5.29. The van der Waals surface area contributed by atoms with Crippen LogP contribution in [0.4, 0.5) is 0 Å². The van der Waals surface area contributed by atoms with Crippen LogP contribution in [-0.2, 0) is 14.4 Å². The van der Waals surface area contributed by atoms with E-state index in [1.54, 1.807) is 18.2 Å². The van der Waals surface area contributed by atoms with Crippen LogP contribution < -0.4 is 4.74 Å². The molecule has 2 saturated heterocycles. The van der Waals surface area contributed by atoms with E-state index in [-0.39, 0.29) is 17.6 Å². The van der Waals surface area contributed by atoms with Crippen LogP contribution in [0.5, 0.6) is 11.5 Å². The molecule has 2 heterocycles. The van der Waals surface area contributed by atoms with Crippen molar-refractivity contribution in [2.24, 2.45) is 0 Å². The highest BCUT2D eigenvalue weighted by atomic mass is 16.5. The van der Waals surface area contributed by atoms with E-state index in [9.17, 15) is 19.5 Å². The average molecular weight is 621 g/mol. The number of rotatable bonds is 16. The number of phenolic OH excluding ortho intramolecular Hbond substituents is 1. The molecule has 2 aliphatic heterocycles. The Morgan fingerprint density at radius 3 is 2.22 bits per heavy atom. The summed E-state index contributed by atoms with van der Waals surface area (Å²) in [6, 6.07) is 4.78. The highest BCUT2D eigenvalue weighted by Crippen LogP contribution is 2.26. The van der Waals surface area contributed by atoms with Crippen molar-refractivity contribution in [1.82, 2.24) is 9.80 Å². The number of phenols is 1. The first kappa shape index (κ1) is 37.6. The van der Waals surface area contributed by atoms with E-state index in [0.29, 0.717) is 24.6 Å². The predicted molar refractivity (Wildman–Crippen MR) is 184 cm³/mol. The molecule has 3 rings (SSSR count). The van der Waals surface area contributed by atoms with Crippen LogP contribution in [-0.4, -0.2) is 59.4 Å². The number of piperidine rings is 2. The van der Waals surface area contributed by atoms with Gasteiger partial charge in [-0.05, 0) is 94.4 Å². The van der Waals surface area contributed by atoms with Gasteiger partial charge in [0.1, 0.15) is 0 Å². The van der Waals surface area contributed by atoms with Crippen LogP contribution in [0, 0.1) is 0 Å². The summed E-state index contributed by atoms with van der Waals surface area (Å²) in [5.74, 6) is 0.354. The minimum atomic E-state index is -0.304. The first-order valence-electron chi connectivity index (χ1n) is 17.1. The average Bonchev–Trinajstić information content (AvgIpc) is 3.06. The number of unbranched alkanes of at least 4 members (excludes halogenated alkanes) is 5. The molecule has 2 fully saturated rings. The molecule has 0 radical (unpaired) electrons. The molecule has 248 valence electrons. The van der Waals surface area contributed by atoms with Gasteiger partial charge in [0.15, 0.2) is 11.5 Å². The predicted octanol–water partition coefficient (Wildman–Crippen LogP) is 8.54. The van der Waals surface area contributed by atoms with Crippen LogP contribution in [0.1, 0.15) is 115 Å². The smallest absolute Gasteiger partial charge is 0.253 e. The van der Waals surface area contributed by atoms with Crippen molar-refractivity contribution in [2.75, 3.05) is 26.7 Å². The molecule has 1 aromatic rings. The van der Waals surface area contributed by atoms with Gasteiger partial charge in [-0.25, -0.2) is 0 Å². The van der Waals surface area contributed by atoms with Crippen LogP contribution in [0.25, 0.3) is 6.08 Å². The summed E-state index contributed by atoms with van der Waals surface area (Å²) < 4.78 is 4.99. The number of aromatic hydroxyl groups is 1. The Morgan fingerprint density at radius 2 is 1.51 bits per heavy atom. The molecule has 0 atom stereocenters. The molecular weight excluding hydrogens is 564 g/mol. The Labute approximate surface area is 271 Å². The zero-order valence-electron chi connectivity index (χ0n) is 27.8. The highest BCUT2D eigenvalue weighted by molar-refractivity contribution is 6.03. The molecule has 7 heteroatoms. The molecule has 3 amide bonds. The topological polar surface area (TPSA) is 87.2 Å². The van der Waals surface area contributed by atoms with Crippen molar-refractivity contribution in [3.05, 3.63) is 66.3 Å². The van der Waals surface area contributed by atoms with E-state index in [4.69, 9.17) is 4.74 Å². The monoisotopic (exact) mass is 620 g/mol. The first-order chi connectivity index (χ1) is 22.0. The van der Waals surface area contributed by atoms with Gasteiger partial charge in [0.05, 0.1) is 7.11 Å². The second-order valence-electron chi connectivity index (χ2n) is 11.6. The first-order valence-corrected chi connectivity index (χ1v) is 17.1. The minimum absolute atomic E-state index is 0.0437. The van der Waals surface area contributed by atoms with E-state index in [2.05, 4.69) is 48.3 Å². The Morgan fingerprint density at radius 1 is 0.844 bits per heavy atom. The summed E-state index contributed by atoms with van der Waals surface area (Å²) in [4.78, 5) is 38.9. The van der Waals surface area contributed by atoms with Crippen molar-refractivity contribution in [3.8, 4) is 11.5 Å². The number of hydrogen-bond donors (Lipinski definition) is 1. The maximum Gasteiger partial charge on any atom is 0.253 e. The lowest BCUT2D eigenvalue weighted by Gasteiger charge is -2.26. The van der Waals surface area contributed by atoms with E-state index in [1.807, 2.05) is 0 Å². The van der Waals surface area contributed by atoms with Crippen molar-refractivity contribution in [1.29, 1.82) is 0 Å². The molecule has 0 spiro atoms. The zero-order valence-corrected chi connectivity index (χ0v) is 27.8. The number of likely N-dealkylation sites (tertiary alicyclic amines) is 2. The lowest BCUT2D eigenvalue weighted by molar-refractivity contribution is -0.143. The molecule has 1 N–H and O–H groups in total. The third-order valence-corrected chi connectivity index (χ3v) is 7.96. The number of amides is 3. The van der Waals surface area contributed by atoms with Gasteiger partial charge in [-0.3, -0.25) is 19.3 Å². The van der Waals surface area contributed by atoms with Gasteiger partial charge in [0.25, 0.3) is 5.91 Å². The van der Waals surface area contributed by atoms with Gasteiger partial charge < -0.3 is 14.7 Å². The summed E-state index contributed by atoms with van der Waals surface area (Å²) in [6.07, 6.45) is 33.6. The summed E-state index contributed by atoms with van der Waals surface area (Å²) in [6.45, 7) is 4.64. The second-order valence-corrected chi connectivity index (χ2v) is 11.6. The van der Waals surface area contributed by atoms with Crippen LogP contribution in [0.15, 0.2) is 60.7 Å². The van der Waals surface area contributed by atoms with Crippen molar-refractivity contribution in [2.45, 2.75) is 110 Å². The number of hydrogen-bond acceptors (Lipinski definition) is 5. The van der Waals surface area contributed by atoms with Gasteiger partial charge in [-0.1, -0.05) is 68.7 Å². The molecule has 45 heavy (non-hydrogen) atoms. The SMILES string of the molecule is CC/C=C/C/C=C/C/C=C/CCCCCCCC(=O)N1CCCCC1.COc1cc(/C=C/C(=O)N2CCCCC2=O)ccc1O. The largest absolute Gasteiger partial charge is 0.504 e. The Hall–Kier alpha value is -3.61. The van der Waals surface area contributed by atoms with Gasteiger partial charge in [-0.2, -0.15) is 0 Å². The molecule has 0 aliphatic carbocycles. The van der Waals surface area contributed by atoms with E-state index < -0.39 is 0 Å².